The average molecular weight is 531 g/mol. The molecule has 0 aromatic heterocycles. The first-order valence-electron chi connectivity index (χ1n) is 12.4. The van der Waals surface area contributed by atoms with Crippen LogP contribution in [0.2, 0.25) is 0 Å². The van der Waals surface area contributed by atoms with Crippen molar-refractivity contribution in [1.29, 1.82) is 0 Å². The van der Waals surface area contributed by atoms with Gasteiger partial charge in [-0.25, -0.2) is 0 Å². The van der Waals surface area contributed by atoms with E-state index < -0.39 is 0 Å². The minimum absolute atomic E-state index is 0.264. The van der Waals surface area contributed by atoms with Crippen LogP contribution in [0.4, 0.5) is 34.1 Å². The van der Waals surface area contributed by atoms with Gasteiger partial charge in [0.25, 0.3) is 11.8 Å². The van der Waals surface area contributed by atoms with Crippen molar-refractivity contribution in [2.45, 2.75) is 0 Å². The fraction of sp³-hybridized carbons (Fsp3) is 0. The van der Waals surface area contributed by atoms with E-state index in [2.05, 4.69) is 10.6 Å². The zero-order chi connectivity index (χ0) is 28.5. The maximum atomic E-state index is 12.2. The number of hydrogen-bond donors (Lipinski definition) is 6. The van der Waals surface area contributed by atoms with Gasteiger partial charge in [0.1, 0.15) is 0 Å². The van der Waals surface area contributed by atoms with E-state index in [1.54, 1.807) is 72.8 Å². The summed E-state index contributed by atoms with van der Waals surface area (Å²) in [6.45, 7) is 0. The highest BCUT2D eigenvalue weighted by Crippen LogP contribution is 2.23. The fourth-order valence-electron chi connectivity index (χ4n) is 3.75. The number of hydrogen-bond acceptors (Lipinski definition) is 6. The van der Waals surface area contributed by atoms with Crippen LogP contribution in [0.25, 0.3) is 11.1 Å². The van der Waals surface area contributed by atoms with Crippen LogP contribution in [0.3, 0.4) is 0 Å². The van der Waals surface area contributed by atoms with Crippen molar-refractivity contribution in [2.24, 2.45) is 0 Å². The molecule has 0 saturated heterocycles. The van der Waals surface area contributed by atoms with Gasteiger partial charge < -0.3 is 33.6 Å². The largest absolute Gasteiger partial charge is 0.399 e. The Labute approximate surface area is 232 Å². The van der Waals surface area contributed by atoms with E-state index in [9.17, 15) is 9.59 Å². The standard InChI is InChI=1S/C20H18N4O2.C12H12N2/c21-15-5-9-17(10-6-15)23-19(25)13-1-2-14(4-3-13)20(26)24-18-11-7-16(22)8-12-18;13-11-5-1-3-9(7-11)10-4-2-6-12(14)8-10/h1-12H,21-22H2,(H,23,25)(H,24,26);1-8H,13-14H2. The van der Waals surface area contributed by atoms with Crippen molar-refractivity contribution in [3.05, 3.63) is 132 Å². The number of nitrogen functional groups attached to an aromatic ring is 4. The van der Waals surface area contributed by atoms with Gasteiger partial charge in [-0.05, 0) is 108 Å². The molecule has 0 spiro atoms. The molecule has 5 aromatic carbocycles. The predicted molar refractivity (Wildman–Crippen MR) is 165 cm³/mol. The summed E-state index contributed by atoms with van der Waals surface area (Å²) < 4.78 is 0. The van der Waals surface area contributed by atoms with E-state index in [1.165, 1.54) is 0 Å². The minimum atomic E-state index is -0.264. The number of carbonyl (C=O) groups excluding carboxylic acids is 2. The Bertz CT molecular complexity index is 1480. The lowest BCUT2D eigenvalue weighted by Gasteiger charge is -2.08. The summed E-state index contributed by atoms with van der Waals surface area (Å²) >= 11 is 0. The summed E-state index contributed by atoms with van der Waals surface area (Å²) in [4.78, 5) is 24.5. The quantitative estimate of drug-likeness (QED) is 0.156. The summed E-state index contributed by atoms with van der Waals surface area (Å²) in [6.07, 6.45) is 0. The normalized spacial score (nSPS) is 10.1. The number of carbonyl (C=O) groups is 2. The summed E-state index contributed by atoms with van der Waals surface area (Å²) in [7, 11) is 0. The van der Waals surface area contributed by atoms with E-state index >= 15 is 0 Å². The highest BCUT2D eigenvalue weighted by atomic mass is 16.2. The highest BCUT2D eigenvalue weighted by Gasteiger charge is 2.10. The molecule has 0 saturated carbocycles. The third kappa shape index (κ3) is 7.62. The van der Waals surface area contributed by atoms with E-state index in [0.717, 1.165) is 22.5 Å². The number of amides is 2. The molecule has 0 aliphatic rings. The second-order valence-electron chi connectivity index (χ2n) is 8.98. The lowest BCUT2D eigenvalue weighted by molar-refractivity contribution is 0.101. The Hall–Kier alpha value is -5.76. The second kappa shape index (κ2) is 12.7. The number of anilines is 6. The van der Waals surface area contributed by atoms with Crippen LogP contribution in [0.1, 0.15) is 20.7 Å². The first-order valence-corrected chi connectivity index (χ1v) is 12.4. The third-order valence-electron chi connectivity index (χ3n) is 5.85. The van der Waals surface area contributed by atoms with E-state index in [0.29, 0.717) is 33.9 Å². The van der Waals surface area contributed by atoms with E-state index in [-0.39, 0.29) is 11.8 Å². The molecule has 8 heteroatoms. The van der Waals surface area contributed by atoms with Gasteiger partial charge in [-0.1, -0.05) is 24.3 Å². The van der Waals surface area contributed by atoms with Crippen molar-refractivity contribution < 1.29 is 9.59 Å². The zero-order valence-corrected chi connectivity index (χ0v) is 21.7. The van der Waals surface area contributed by atoms with Crippen molar-refractivity contribution in [3.8, 4) is 11.1 Å². The smallest absolute Gasteiger partial charge is 0.255 e. The SMILES string of the molecule is Nc1ccc(NC(=O)c2ccc(C(=O)Nc3ccc(N)cc3)cc2)cc1.Nc1cccc(-c2cccc(N)c2)c1. The van der Waals surface area contributed by atoms with Gasteiger partial charge in [0, 0.05) is 45.3 Å². The van der Waals surface area contributed by atoms with Crippen LogP contribution in [0.15, 0.2) is 121 Å². The molecule has 0 fully saturated rings. The zero-order valence-electron chi connectivity index (χ0n) is 21.7. The Morgan fingerprint density at radius 1 is 0.425 bits per heavy atom. The highest BCUT2D eigenvalue weighted by molar-refractivity contribution is 6.07. The van der Waals surface area contributed by atoms with Gasteiger partial charge in [-0.15, -0.1) is 0 Å². The predicted octanol–water partition coefficient (Wildman–Crippen LogP) is 5.87. The average Bonchev–Trinajstić information content (AvgIpc) is 2.96. The third-order valence-corrected chi connectivity index (χ3v) is 5.85. The van der Waals surface area contributed by atoms with Crippen LogP contribution in [0, 0.1) is 0 Å². The number of rotatable bonds is 5. The Balaban J connectivity index is 0.000000222. The maximum Gasteiger partial charge on any atom is 0.255 e. The van der Waals surface area contributed by atoms with Gasteiger partial charge >= 0.3 is 0 Å². The molecule has 2 amide bonds. The van der Waals surface area contributed by atoms with Gasteiger partial charge in [0.05, 0.1) is 0 Å². The van der Waals surface area contributed by atoms with Crippen LogP contribution in [-0.4, -0.2) is 11.8 Å². The molecule has 10 N–H and O–H groups in total. The molecule has 8 nitrogen and oxygen atoms in total. The van der Waals surface area contributed by atoms with Crippen molar-refractivity contribution >= 4 is 45.9 Å². The van der Waals surface area contributed by atoms with Crippen LogP contribution in [0.5, 0.6) is 0 Å². The topological polar surface area (TPSA) is 162 Å². The minimum Gasteiger partial charge on any atom is -0.399 e. The molecule has 5 rings (SSSR count). The molecule has 0 radical (unpaired) electrons. The Morgan fingerprint density at radius 2 is 0.775 bits per heavy atom. The monoisotopic (exact) mass is 530 g/mol. The van der Waals surface area contributed by atoms with E-state index in [1.807, 2.05) is 48.5 Å². The van der Waals surface area contributed by atoms with Crippen LogP contribution < -0.4 is 33.6 Å². The lowest BCUT2D eigenvalue weighted by Crippen LogP contribution is -2.14. The molecule has 40 heavy (non-hydrogen) atoms. The van der Waals surface area contributed by atoms with Gasteiger partial charge in [0.2, 0.25) is 0 Å². The van der Waals surface area contributed by atoms with Gasteiger partial charge in [-0.3, -0.25) is 9.59 Å². The van der Waals surface area contributed by atoms with Crippen LogP contribution >= 0.6 is 0 Å². The molecule has 0 aliphatic carbocycles. The maximum absolute atomic E-state index is 12.2. The van der Waals surface area contributed by atoms with Crippen molar-refractivity contribution in [1.82, 2.24) is 0 Å². The fourth-order valence-corrected chi connectivity index (χ4v) is 3.75. The molecule has 0 aliphatic heterocycles. The van der Waals surface area contributed by atoms with E-state index in [4.69, 9.17) is 22.9 Å². The lowest BCUT2D eigenvalue weighted by atomic mass is 10.0. The summed E-state index contributed by atoms with van der Waals surface area (Å²) in [6, 6.07) is 35.7. The Morgan fingerprint density at radius 3 is 1.10 bits per heavy atom. The molecular weight excluding hydrogens is 500 g/mol. The first-order chi connectivity index (χ1) is 19.3. The summed E-state index contributed by atoms with van der Waals surface area (Å²) in [5.41, 5.74) is 29.8. The molecule has 0 heterocycles. The van der Waals surface area contributed by atoms with Crippen molar-refractivity contribution in [2.75, 3.05) is 33.6 Å². The second-order valence-corrected chi connectivity index (χ2v) is 8.98. The molecule has 0 unspecified atom stereocenters. The van der Waals surface area contributed by atoms with Gasteiger partial charge in [-0.2, -0.15) is 0 Å². The number of nitrogens with one attached hydrogen (secondary N) is 2. The summed E-state index contributed by atoms with van der Waals surface area (Å²) in [5, 5.41) is 5.54. The van der Waals surface area contributed by atoms with Crippen molar-refractivity contribution in [3.63, 3.8) is 0 Å². The number of benzene rings is 5. The molecular formula is C32H30N6O2. The number of nitrogens with two attached hydrogens (primary N) is 4. The molecule has 0 bridgehead atoms. The van der Waals surface area contributed by atoms with Crippen LogP contribution in [-0.2, 0) is 0 Å². The molecule has 0 atom stereocenters. The molecule has 5 aromatic rings. The molecule has 200 valence electrons. The van der Waals surface area contributed by atoms with Gasteiger partial charge in [0.15, 0.2) is 0 Å². The Kier molecular flexibility index (Phi) is 8.63. The summed E-state index contributed by atoms with van der Waals surface area (Å²) in [5.74, 6) is -0.527. The first kappa shape index (κ1) is 27.3.